The quantitative estimate of drug-likeness (QED) is 0.817. The highest BCUT2D eigenvalue weighted by Gasteiger charge is 2.42. The summed E-state index contributed by atoms with van der Waals surface area (Å²) in [6, 6.07) is 0. The molecule has 6 nitrogen and oxygen atoms in total. The van der Waals surface area contributed by atoms with Crippen LogP contribution in [0.5, 0.6) is 0 Å². The van der Waals surface area contributed by atoms with Crippen LogP contribution in [0.15, 0.2) is 0 Å². The summed E-state index contributed by atoms with van der Waals surface area (Å²) in [4.78, 5) is 12.1. The van der Waals surface area contributed by atoms with Gasteiger partial charge in [0.15, 0.2) is 0 Å². The van der Waals surface area contributed by atoms with Gasteiger partial charge in [0.25, 0.3) is 0 Å². The van der Waals surface area contributed by atoms with Crippen LogP contribution in [0.3, 0.4) is 0 Å². The Morgan fingerprint density at radius 1 is 1.00 bits per heavy atom. The molecule has 0 atom stereocenters. The van der Waals surface area contributed by atoms with E-state index in [-0.39, 0.29) is 11.9 Å². The van der Waals surface area contributed by atoms with E-state index < -0.39 is 11.0 Å². The molecule has 0 unspecified atom stereocenters. The van der Waals surface area contributed by atoms with E-state index in [4.69, 9.17) is 16.2 Å². The van der Waals surface area contributed by atoms with Crippen LogP contribution in [-0.4, -0.2) is 27.2 Å². The number of nitrogens with zero attached hydrogens (tertiary/aromatic N) is 3. The normalized spacial score (nSPS) is 12.8. The second kappa shape index (κ2) is 4.44. The summed E-state index contributed by atoms with van der Waals surface area (Å²) in [6.45, 7) is 10.5. The van der Waals surface area contributed by atoms with E-state index in [0.29, 0.717) is 12.4 Å². The first kappa shape index (κ1) is 13.6. The second-order valence-corrected chi connectivity index (χ2v) is 4.94. The Bertz CT molecular complexity index is 383. The van der Waals surface area contributed by atoms with E-state index in [2.05, 4.69) is 15.0 Å². The monoisotopic (exact) mass is 239 g/mol. The SMILES string of the molecule is CCOC(C)(C)C(C)(C)c1nc(N)nc(N)n1. The van der Waals surface area contributed by atoms with Crippen molar-refractivity contribution in [3.05, 3.63) is 5.82 Å². The standard InChI is InChI=1S/C11H21N5O/c1-6-17-11(4,5)10(2,3)7-14-8(12)16-9(13)15-7/h6H2,1-5H3,(H4,12,13,14,15,16). The molecule has 0 aliphatic carbocycles. The van der Waals surface area contributed by atoms with Crippen LogP contribution >= 0.6 is 0 Å². The lowest BCUT2D eigenvalue weighted by molar-refractivity contribution is -0.0626. The summed E-state index contributed by atoms with van der Waals surface area (Å²) in [6.07, 6.45) is 0. The van der Waals surface area contributed by atoms with E-state index in [1.807, 2.05) is 34.6 Å². The number of anilines is 2. The van der Waals surface area contributed by atoms with Gasteiger partial charge in [0.2, 0.25) is 11.9 Å². The number of hydrogen-bond acceptors (Lipinski definition) is 6. The molecule has 1 aromatic heterocycles. The zero-order valence-electron chi connectivity index (χ0n) is 11.1. The number of aromatic nitrogens is 3. The molecule has 0 spiro atoms. The first-order valence-corrected chi connectivity index (χ1v) is 5.62. The lowest BCUT2D eigenvalue weighted by Crippen LogP contribution is -2.46. The van der Waals surface area contributed by atoms with Crippen molar-refractivity contribution in [3.8, 4) is 0 Å². The lowest BCUT2D eigenvalue weighted by atomic mass is 9.76. The van der Waals surface area contributed by atoms with Crippen LogP contribution in [0.1, 0.15) is 40.4 Å². The highest BCUT2D eigenvalue weighted by molar-refractivity contribution is 5.29. The fourth-order valence-electron chi connectivity index (χ4n) is 1.50. The lowest BCUT2D eigenvalue weighted by Gasteiger charge is -2.39. The van der Waals surface area contributed by atoms with Crippen molar-refractivity contribution >= 4 is 11.9 Å². The van der Waals surface area contributed by atoms with Crippen molar-refractivity contribution in [2.45, 2.75) is 45.6 Å². The minimum absolute atomic E-state index is 0.132. The second-order valence-electron chi connectivity index (χ2n) is 4.94. The molecule has 6 heteroatoms. The van der Waals surface area contributed by atoms with Crippen molar-refractivity contribution in [3.63, 3.8) is 0 Å². The predicted molar refractivity (Wildman–Crippen MR) is 67.4 cm³/mol. The summed E-state index contributed by atoms with van der Waals surface area (Å²) in [5, 5.41) is 0. The number of nitrogens with two attached hydrogens (primary N) is 2. The zero-order chi connectivity index (χ0) is 13.3. The maximum atomic E-state index is 5.75. The first-order chi connectivity index (χ1) is 7.70. The smallest absolute Gasteiger partial charge is 0.225 e. The van der Waals surface area contributed by atoms with E-state index in [9.17, 15) is 0 Å². The topological polar surface area (TPSA) is 99.9 Å². The van der Waals surface area contributed by atoms with Gasteiger partial charge in [0.1, 0.15) is 5.82 Å². The van der Waals surface area contributed by atoms with Gasteiger partial charge in [-0.05, 0) is 34.6 Å². The van der Waals surface area contributed by atoms with Gasteiger partial charge in [-0.25, -0.2) is 0 Å². The molecule has 1 heterocycles. The third-order valence-corrected chi connectivity index (χ3v) is 3.24. The summed E-state index contributed by atoms with van der Waals surface area (Å²) in [5.41, 5.74) is 10.3. The molecular formula is C11H21N5O. The van der Waals surface area contributed by atoms with Crippen LogP contribution in [0.25, 0.3) is 0 Å². The van der Waals surface area contributed by atoms with Gasteiger partial charge in [-0.1, -0.05) is 0 Å². The van der Waals surface area contributed by atoms with Gasteiger partial charge in [0, 0.05) is 6.61 Å². The summed E-state index contributed by atoms with van der Waals surface area (Å²) in [5.74, 6) is 0.807. The van der Waals surface area contributed by atoms with E-state index in [0.717, 1.165) is 0 Å². The predicted octanol–water partition coefficient (Wildman–Crippen LogP) is 1.13. The molecule has 0 aliphatic heterocycles. The van der Waals surface area contributed by atoms with Crippen LogP contribution in [0.2, 0.25) is 0 Å². The molecule has 0 radical (unpaired) electrons. The van der Waals surface area contributed by atoms with Gasteiger partial charge in [-0.15, -0.1) is 0 Å². The first-order valence-electron chi connectivity index (χ1n) is 5.62. The van der Waals surface area contributed by atoms with E-state index in [1.165, 1.54) is 0 Å². The van der Waals surface area contributed by atoms with Gasteiger partial charge in [-0.3, -0.25) is 0 Å². The Labute approximate surface area is 102 Å². The minimum Gasteiger partial charge on any atom is -0.375 e. The summed E-state index contributed by atoms with van der Waals surface area (Å²) < 4.78 is 5.75. The molecule has 0 saturated carbocycles. The van der Waals surface area contributed by atoms with Crippen molar-refractivity contribution in [1.29, 1.82) is 0 Å². The minimum atomic E-state index is -0.429. The molecule has 0 saturated heterocycles. The largest absolute Gasteiger partial charge is 0.375 e. The number of rotatable bonds is 4. The number of nitrogen functional groups attached to an aromatic ring is 2. The average Bonchev–Trinajstić information content (AvgIpc) is 2.15. The van der Waals surface area contributed by atoms with Crippen LogP contribution in [0, 0.1) is 0 Å². The highest BCUT2D eigenvalue weighted by Crippen LogP contribution is 2.35. The molecule has 0 aromatic carbocycles. The summed E-state index contributed by atoms with van der Waals surface area (Å²) in [7, 11) is 0. The van der Waals surface area contributed by atoms with Crippen molar-refractivity contribution < 1.29 is 4.74 Å². The Morgan fingerprint density at radius 2 is 1.47 bits per heavy atom. The van der Waals surface area contributed by atoms with Gasteiger partial charge in [0.05, 0.1) is 11.0 Å². The molecule has 0 amide bonds. The van der Waals surface area contributed by atoms with Crippen LogP contribution in [-0.2, 0) is 10.2 Å². The summed E-state index contributed by atoms with van der Waals surface area (Å²) >= 11 is 0. The van der Waals surface area contributed by atoms with Gasteiger partial charge in [-0.2, -0.15) is 15.0 Å². The number of ether oxygens (including phenoxy) is 1. The van der Waals surface area contributed by atoms with E-state index in [1.54, 1.807) is 0 Å². The maximum Gasteiger partial charge on any atom is 0.225 e. The molecule has 1 rings (SSSR count). The van der Waals surface area contributed by atoms with E-state index >= 15 is 0 Å². The van der Waals surface area contributed by atoms with Gasteiger partial charge >= 0.3 is 0 Å². The van der Waals surface area contributed by atoms with Crippen molar-refractivity contribution in [2.75, 3.05) is 18.1 Å². The molecule has 0 bridgehead atoms. The average molecular weight is 239 g/mol. The maximum absolute atomic E-state index is 5.75. The van der Waals surface area contributed by atoms with Crippen molar-refractivity contribution in [1.82, 2.24) is 15.0 Å². The Hall–Kier alpha value is -1.43. The molecule has 4 N–H and O–H groups in total. The molecule has 0 aliphatic rings. The molecule has 0 fully saturated rings. The van der Waals surface area contributed by atoms with Gasteiger partial charge < -0.3 is 16.2 Å². The van der Waals surface area contributed by atoms with Crippen molar-refractivity contribution in [2.24, 2.45) is 0 Å². The van der Waals surface area contributed by atoms with Crippen LogP contribution in [0.4, 0.5) is 11.9 Å². The zero-order valence-corrected chi connectivity index (χ0v) is 11.1. The third-order valence-electron chi connectivity index (χ3n) is 3.24. The molecular weight excluding hydrogens is 218 g/mol. The molecule has 96 valence electrons. The van der Waals surface area contributed by atoms with Crippen LogP contribution < -0.4 is 11.5 Å². The molecule has 1 aromatic rings. The fourth-order valence-corrected chi connectivity index (χ4v) is 1.50. The fraction of sp³-hybridized carbons (Fsp3) is 0.727. The highest BCUT2D eigenvalue weighted by atomic mass is 16.5. The Kier molecular flexibility index (Phi) is 3.56. The Morgan fingerprint density at radius 3 is 1.88 bits per heavy atom. The number of hydrogen-bond donors (Lipinski definition) is 2. The third kappa shape index (κ3) is 2.63. The molecule has 17 heavy (non-hydrogen) atoms. The Balaban J connectivity index is 3.20.